The Morgan fingerprint density at radius 1 is 1.20 bits per heavy atom. The van der Waals surface area contributed by atoms with Crippen LogP contribution < -0.4 is 0 Å². The molecule has 0 radical (unpaired) electrons. The van der Waals surface area contributed by atoms with Gasteiger partial charge in [-0.25, -0.2) is 0 Å². The zero-order valence-corrected chi connectivity index (χ0v) is 8.84. The normalized spacial score (nSPS) is 11.3. The van der Waals surface area contributed by atoms with E-state index in [9.17, 15) is 0 Å². The minimum absolute atomic E-state index is 0.712. The van der Waals surface area contributed by atoms with Crippen LogP contribution in [0, 0.1) is 10.5 Å². The van der Waals surface area contributed by atoms with Crippen molar-refractivity contribution in [1.29, 1.82) is 0 Å². The van der Waals surface area contributed by atoms with Crippen molar-refractivity contribution < 1.29 is 0 Å². The van der Waals surface area contributed by atoms with Gasteiger partial charge < -0.3 is 0 Å². The number of hydrogen-bond donors (Lipinski definition) is 0. The van der Waals surface area contributed by atoms with Gasteiger partial charge in [-0.05, 0) is 0 Å². The van der Waals surface area contributed by atoms with Crippen molar-refractivity contribution in [2.45, 2.75) is 6.92 Å². The molecule has 0 spiro atoms. The summed E-state index contributed by atoms with van der Waals surface area (Å²) in [5, 5.41) is 0. The summed E-state index contributed by atoms with van der Waals surface area (Å²) >= 11 is -0.712. The van der Waals surface area contributed by atoms with Crippen LogP contribution in [0.2, 0.25) is 0 Å². The molecule has 0 aliphatic rings. The molecule has 10 heavy (non-hydrogen) atoms. The SMILES string of the molecule is Cc1cccc(I(C)C)c1. The fourth-order valence-electron chi connectivity index (χ4n) is 0.841. The molecular weight excluding hydrogens is 235 g/mol. The molecule has 0 amide bonds. The number of benzene rings is 1. The average Bonchev–Trinajstić information content (AvgIpc) is 1.88. The van der Waals surface area contributed by atoms with Gasteiger partial charge in [0.25, 0.3) is 0 Å². The summed E-state index contributed by atoms with van der Waals surface area (Å²) in [6.07, 6.45) is 0. The third kappa shape index (κ3) is 1.97. The van der Waals surface area contributed by atoms with E-state index in [-0.39, 0.29) is 0 Å². The van der Waals surface area contributed by atoms with Crippen molar-refractivity contribution in [1.82, 2.24) is 0 Å². The van der Waals surface area contributed by atoms with Crippen LogP contribution in [0.1, 0.15) is 5.56 Å². The van der Waals surface area contributed by atoms with Crippen LogP contribution in [0.3, 0.4) is 0 Å². The molecule has 0 atom stereocenters. The standard InChI is InChI=1S/C9H13I/c1-8-5-4-6-9(7-8)10(2)3/h4-7H,1-3H3. The predicted molar refractivity (Wildman–Crippen MR) is 55.7 cm³/mol. The van der Waals surface area contributed by atoms with Gasteiger partial charge in [-0.15, -0.1) is 0 Å². The number of rotatable bonds is 1. The molecular formula is C9H13I. The fourth-order valence-corrected chi connectivity index (χ4v) is 2.88. The van der Waals surface area contributed by atoms with Gasteiger partial charge in [-0.1, -0.05) is 0 Å². The van der Waals surface area contributed by atoms with Crippen LogP contribution in [-0.2, 0) is 0 Å². The van der Waals surface area contributed by atoms with Gasteiger partial charge in [0.15, 0.2) is 0 Å². The topological polar surface area (TPSA) is 0 Å². The first-order valence-corrected chi connectivity index (χ1v) is 8.66. The molecule has 56 valence electrons. The molecule has 0 bridgehead atoms. The molecule has 0 saturated carbocycles. The van der Waals surface area contributed by atoms with Crippen molar-refractivity contribution in [2.24, 2.45) is 0 Å². The first-order chi connectivity index (χ1) is 4.70. The monoisotopic (exact) mass is 248 g/mol. The van der Waals surface area contributed by atoms with E-state index in [0.29, 0.717) is 0 Å². The zero-order valence-electron chi connectivity index (χ0n) is 6.69. The Morgan fingerprint density at radius 2 is 1.90 bits per heavy atom. The third-order valence-corrected chi connectivity index (χ3v) is 4.58. The van der Waals surface area contributed by atoms with Gasteiger partial charge in [0, 0.05) is 0 Å². The molecule has 1 aromatic rings. The Kier molecular flexibility index (Phi) is 2.72. The van der Waals surface area contributed by atoms with Crippen LogP contribution in [-0.4, -0.2) is 9.86 Å². The zero-order chi connectivity index (χ0) is 7.56. The van der Waals surface area contributed by atoms with E-state index in [0.717, 1.165) is 0 Å². The van der Waals surface area contributed by atoms with Crippen molar-refractivity contribution in [2.75, 3.05) is 9.86 Å². The fraction of sp³-hybridized carbons (Fsp3) is 0.333. The van der Waals surface area contributed by atoms with Gasteiger partial charge >= 0.3 is 70.0 Å². The summed E-state index contributed by atoms with van der Waals surface area (Å²) in [7, 11) is 0. The number of hydrogen-bond acceptors (Lipinski definition) is 0. The van der Waals surface area contributed by atoms with E-state index in [4.69, 9.17) is 0 Å². The second kappa shape index (κ2) is 3.37. The molecule has 1 aromatic carbocycles. The maximum atomic E-state index is 2.37. The second-order valence-corrected chi connectivity index (χ2v) is 8.12. The summed E-state index contributed by atoms with van der Waals surface area (Å²) < 4.78 is 1.59. The number of alkyl halides is 2. The first kappa shape index (κ1) is 8.05. The van der Waals surface area contributed by atoms with Gasteiger partial charge in [0.05, 0.1) is 0 Å². The average molecular weight is 248 g/mol. The van der Waals surface area contributed by atoms with Crippen LogP contribution in [0.25, 0.3) is 0 Å². The van der Waals surface area contributed by atoms with Crippen LogP contribution in [0.15, 0.2) is 24.3 Å². The van der Waals surface area contributed by atoms with Gasteiger partial charge in [-0.3, -0.25) is 0 Å². The maximum absolute atomic E-state index is 2.37. The van der Waals surface area contributed by atoms with Crippen molar-refractivity contribution in [3.8, 4) is 0 Å². The predicted octanol–water partition coefficient (Wildman–Crippen LogP) is 2.93. The molecule has 0 unspecified atom stereocenters. The van der Waals surface area contributed by atoms with E-state index in [2.05, 4.69) is 41.1 Å². The van der Waals surface area contributed by atoms with Crippen LogP contribution in [0.4, 0.5) is 0 Å². The molecule has 0 heterocycles. The van der Waals surface area contributed by atoms with Gasteiger partial charge in [0.1, 0.15) is 0 Å². The van der Waals surface area contributed by atoms with Crippen LogP contribution >= 0.6 is 19.8 Å². The minimum atomic E-state index is -0.712. The quantitative estimate of drug-likeness (QED) is 0.529. The number of aryl methyl sites for hydroxylation is 1. The Morgan fingerprint density at radius 3 is 2.30 bits per heavy atom. The second-order valence-electron chi connectivity index (χ2n) is 2.55. The Balaban J connectivity index is 2.96. The molecule has 0 saturated heterocycles. The molecule has 0 aliphatic heterocycles. The van der Waals surface area contributed by atoms with E-state index in [1.165, 1.54) is 5.56 Å². The van der Waals surface area contributed by atoms with E-state index < -0.39 is 19.8 Å². The Bertz CT molecular complexity index is 216. The molecule has 1 rings (SSSR count). The van der Waals surface area contributed by atoms with E-state index in [1.54, 1.807) is 3.57 Å². The van der Waals surface area contributed by atoms with Crippen molar-refractivity contribution in [3.05, 3.63) is 33.4 Å². The van der Waals surface area contributed by atoms with Crippen molar-refractivity contribution >= 4 is 19.8 Å². The summed E-state index contributed by atoms with van der Waals surface area (Å²) in [4.78, 5) is 4.75. The van der Waals surface area contributed by atoms with E-state index >= 15 is 0 Å². The summed E-state index contributed by atoms with van der Waals surface area (Å²) in [6.45, 7) is 2.16. The van der Waals surface area contributed by atoms with Crippen LogP contribution in [0.5, 0.6) is 0 Å². The van der Waals surface area contributed by atoms with Crippen molar-refractivity contribution in [3.63, 3.8) is 0 Å². The molecule has 0 fully saturated rings. The summed E-state index contributed by atoms with van der Waals surface area (Å²) in [5.74, 6) is 0. The molecule has 0 N–H and O–H groups in total. The Labute approximate surface area is 70.0 Å². The first-order valence-electron chi connectivity index (χ1n) is 3.27. The molecule has 0 nitrogen and oxygen atoms in total. The van der Waals surface area contributed by atoms with E-state index in [1.807, 2.05) is 0 Å². The summed E-state index contributed by atoms with van der Waals surface area (Å²) in [5.41, 5.74) is 1.39. The van der Waals surface area contributed by atoms with Gasteiger partial charge in [-0.2, -0.15) is 0 Å². The molecule has 0 aliphatic carbocycles. The molecule has 1 heteroatoms. The van der Waals surface area contributed by atoms with Gasteiger partial charge in [0.2, 0.25) is 0 Å². The number of halogens is 1. The third-order valence-electron chi connectivity index (χ3n) is 1.42. The Hall–Kier alpha value is -0.0500. The molecule has 0 aromatic heterocycles. The summed E-state index contributed by atoms with van der Waals surface area (Å²) in [6, 6.07) is 8.87.